The fourth-order valence-corrected chi connectivity index (χ4v) is 3.43. The van der Waals surface area contributed by atoms with Crippen molar-refractivity contribution < 1.29 is 5.11 Å². The van der Waals surface area contributed by atoms with Gasteiger partial charge in [-0.2, -0.15) is 0 Å². The molecular formula is C15H22N2O. The van der Waals surface area contributed by atoms with Crippen molar-refractivity contribution >= 4 is 0 Å². The maximum Gasteiger partial charge on any atom is 0.120 e. The average molecular weight is 246 g/mol. The van der Waals surface area contributed by atoms with Crippen LogP contribution < -0.4 is 5.32 Å². The number of para-hydroxylation sites is 1. The van der Waals surface area contributed by atoms with Gasteiger partial charge < -0.3 is 10.4 Å². The van der Waals surface area contributed by atoms with E-state index < -0.39 is 0 Å². The second kappa shape index (κ2) is 4.90. The van der Waals surface area contributed by atoms with Gasteiger partial charge in [-0.05, 0) is 38.8 Å². The van der Waals surface area contributed by atoms with Crippen molar-refractivity contribution in [3.63, 3.8) is 0 Å². The van der Waals surface area contributed by atoms with Gasteiger partial charge in [0, 0.05) is 30.2 Å². The summed E-state index contributed by atoms with van der Waals surface area (Å²) in [5.74, 6) is 0.418. The van der Waals surface area contributed by atoms with Crippen LogP contribution in [0.1, 0.15) is 31.2 Å². The van der Waals surface area contributed by atoms with E-state index in [4.69, 9.17) is 0 Å². The van der Waals surface area contributed by atoms with Crippen molar-refractivity contribution in [3.8, 4) is 5.75 Å². The zero-order valence-electron chi connectivity index (χ0n) is 11.0. The largest absolute Gasteiger partial charge is 0.508 e. The molecule has 2 unspecified atom stereocenters. The van der Waals surface area contributed by atoms with E-state index in [-0.39, 0.29) is 0 Å². The molecule has 2 N–H and O–H groups in total. The minimum atomic E-state index is 0.418. The summed E-state index contributed by atoms with van der Waals surface area (Å²) in [6, 6.07) is 9.76. The molecule has 0 saturated carbocycles. The number of aromatic hydroxyl groups is 1. The Morgan fingerprint density at radius 1 is 1.22 bits per heavy atom. The Morgan fingerprint density at radius 2 is 1.89 bits per heavy atom. The lowest BCUT2D eigenvalue weighted by Gasteiger charge is -2.35. The van der Waals surface area contributed by atoms with Crippen molar-refractivity contribution in [2.45, 2.75) is 50.4 Å². The van der Waals surface area contributed by atoms with Crippen molar-refractivity contribution in [1.29, 1.82) is 0 Å². The molecule has 3 nitrogen and oxygen atoms in total. The summed E-state index contributed by atoms with van der Waals surface area (Å²) >= 11 is 0. The van der Waals surface area contributed by atoms with Crippen molar-refractivity contribution in [2.75, 3.05) is 7.05 Å². The Bertz CT molecular complexity index is 409. The fourth-order valence-electron chi connectivity index (χ4n) is 3.43. The molecule has 1 aromatic rings. The minimum absolute atomic E-state index is 0.418. The minimum Gasteiger partial charge on any atom is -0.508 e. The Labute approximate surface area is 109 Å². The van der Waals surface area contributed by atoms with Crippen LogP contribution in [0.2, 0.25) is 0 Å². The van der Waals surface area contributed by atoms with E-state index in [0.717, 1.165) is 24.2 Å². The highest BCUT2D eigenvalue weighted by Gasteiger charge is 2.34. The lowest BCUT2D eigenvalue weighted by atomic mass is 9.98. The second-order valence-electron chi connectivity index (χ2n) is 5.81. The molecule has 0 amide bonds. The zero-order chi connectivity index (χ0) is 12.5. The third-order valence-corrected chi connectivity index (χ3v) is 4.48. The molecule has 0 radical (unpaired) electrons. The average Bonchev–Trinajstić information content (AvgIpc) is 2.71. The first-order chi connectivity index (χ1) is 8.72. The normalized spacial score (nSPS) is 30.9. The number of hydrogen-bond acceptors (Lipinski definition) is 3. The summed E-state index contributed by atoms with van der Waals surface area (Å²) in [7, 11) is 2.18. The van der Waals surface area contributed by atoms with Crippen LogP contribution in [0.15, 0.2) is 24.3 Å². The van der Waals surface area contributed by atoms with Gasteiger partial charge in [0.25, 0.3) is 0 Å². The van der Waals surface area contributed by atoms with Gasteiger partial charge in [0.1, 0.15) is 5.75 Å². The maximum atomic E-state index is 9.84. The second-order valence-corrected chi connectivity index (χ2v) is 5.81. The molecule has 1 aromatic carbocycles. The lowest BCUT2D eigenvalue weighted by molar-refractivity contribution is 0.164. The van der Waals surface area contributed by atoms with Crippen LogP contribution in [-0.2, 0) is 6.54 Å². The van der Waals surface area contributed by atoms with Crippen molar-refractivity contribution in [2.24, 2.45) is 0 Å². The van der Waals surface area contributed by atoms with Gasteiger partial charge in [0.15, 0.2) is 0 Å². The molecule has 0 aromatic heterocycles. The summed E-state index contributed by atoms with van der Waals surface area (Å²) in [5.41, 5.74) is 1.03. The van der Waals surface area contributed by atoms with E-state index >= 15 is 0 Å². The molecule has 0 aliphatic carbocycles. The van der Waals surface area contributed by atoms with Gasteiger partial charge in [-0.25, -0.2) is 0 Å². The number of phenolic OH excluding ortho intramolecular Hbond substituents is 1. The fraction of sp³-hybridized carbons (Fsp3) is 0.600. The molecular weight excluding hydrogens is 224 g/mol. The SMILES string of the molecule is CN(Cc1ccccc1O)C1CC2CCC(C1)N2. The predicted molar refractivity (Wildman–Crippen MR) is 72.5 cm³/mol. The van der Waals surface area contributed by atoms with E-state index in [1.165, 1.54) is 25.7 Å². The summed E-state index contributed by atoms with van der Waals surface area (Å²) in [6.45, 7) is 0.844. The van der Waals surface area contributed by atoms with E-state index in [9.17, 15) is 5.11 Å². The predicted octanol–water partition coefficient (Wildman–Crippen LogP) is 2.11. The molecule has 2 bridgehead atoms. The summed E-state index contributed by atoms with van der Waals surface area (Å²) in [6.07, 6.45) is 5.18. The van der Waals surface area contributed by atoms with Crippen LogP contribution in [0.25, 0.3) is 0 Å². The molecule has 18 heavy (non-hydrogen) atoms. The van der Waals surface area contributed by atoms with Gasteiger partial charge in [-0.15, -0.1) is 0 Å². The van der Waals surface area contributed by atoms with Crippen LogP contribution in [0.3, 0.4) is 0 Å². The molecule has 2 heterocycles. The Balaban J connectivity index is 1.65. The number of benzene rings is 1. The number of nitrogens with one attached hydrogen (secondary N) is 1. The highest BCUT2D eigenvalue weighted by Crippen LogP contribution is 2.30. The Hall–Kier alpha value is -1.06. The lowest BCUT2D eigenvalue weighted by Crippen LogP contribution is -2.46. The van der Waals surface area contributed by atoms with Crippen LogP contribution >= 0.6 is 0 Å². The maximum absolute atomic E-state index is 9.84. The summed E-state index contributed by atoms with van der Waals surface area (Å²) in [4.78, 5) is 2.40. The topological polar surface area (TPSA) is 35.5 Å². The van der Waals surface area contributed by atoms with Crippen LogP contribution in [-0.4, -0.2) is 35.2 Å². The Morgan fingerprint density at radius 3 is 2.56 bits per heavy atom. The third kappa shape index (κ3) is 2.38. The zero-order valence-corrected chi connectivity index (χ0v) is 11.0. The Kier molecular flexibility index (Phi) is 3.27. The van der Waals surface area contributed by atoms with Crippen LogP contribution in [0.5, 0.6) is 5.75 Å². The molecule has 98 valence electrons. The first-order valence-electron chi connectivity index (χ1n) is 6.95. The van der Waals surface area contributed by atoms with E-state index in [2.05, 4.69) is 17.3 Å². The smallest absolute Gasteiger partial charge is 0.120 e. The standard InChI is InChI=1S/C15H22N2O/c1-17(10-11-4-2-3-5-15(11)18)14-8-12-6-7-13(9-14)16-12/h2-5,12-14,16,18H,6-10H2,1H3. The first kappa shape index (κ1) is 12.0. The van der Waals surface area contributed by atoms with Gasteiger partial charge in [0.2, 0.25) is 0 Å². The number of fused-ring (bicyclic) bond motifs is 2. The number of hydrogen-bond donors (Lipinski definition) is 2. The first-order valence-corrected chi connectivity index (χ1v) is 6.95. The van der Waals surface area contributed by atoms with Gasteiger partial charge in [0.05, 0.1) is 0 Å². The monoisotopic (exact) mass is 246 g/mol. The molecule has 2 atom stereocenters. The molecule has 3 heteroatoms. The number of piperidine rings is 1. The third-order valence-electron chi connectivity index (χ3n) is 4.48. The van der Waals surface area contributed by atoms with Gasteiger partial charge in [-0.3, -0.25) is 4.90 Å². The van der Waals surface area contributed by atoms with Crippen LogP contribution in [0.4, 0.5) is 0 Å². The number of phenols is 1. The number of nitrogens with zero attached hydrogens (tertiary/aromatic N) is 1. The highest BCUT2D eigenvalue weighted by atomic mass is 16.3. The molecule has 2 fully saturated rings. The summed E-state index contributed by atoms with van der Waals surface area (Å²) < 4.78 is 0. The van der Waals surface area contributed by atoms with E-state index in [1.807, 2.05) is 18.2 Å². The van der Waals surface area contributed by atoms with Gasteiger partial charge >= 0.3 is 0 Å². The van der Waals surface area contributed by atoms with Crippen molar-refractivity contribution in [1.82, 2.24) is 10.2 Å². The molecule has 2 aliphatic rings. The molecule has 2 saturated heterocycles. The van der Waals surface area contributed by atoms with E-state index in [1.54, 1.807) is 6.07 Å². The van der Waals surface area contributed by atoms with E-state index in [0.29, 0.717) is 11.8 Å². The van der Waals surface area contributed by atoms with Crippen molar-refractivity contribution in [3.05, 3.63) is 29.8 Å². The quantitative estimate of drug-likeness (QED) is 0.857. The molecule has 0 spiro atoms. The van der Waals surface area contributed by atoms with Gasteiger partial charge in [-0.1, -0.05) is 18.2 Å². The highest BCUT2D eigenvalue weighted by molar-refractivity contribution is 5.31. The molecule has 2 aliphatic heterocycles. The summed E-state index contributed by atoms with van der Waals surface area (Å²) in [5, 5.41) is 13.5. The number of rotatable bonds is 3. The molecule has 3 rings (SSSR count). The van der Waals surface area contributed by atoms with Crippen LogP contribution in [0, 0.1) is 0 Å².